The number of nitrogens with zero attached hydrogens (tertiary/aromatic N) is 5. The van der Waals surface area contributed by atoms with Crippen LogP contribution in [0.25, 0.3) is 10.9 Å². The smallest absolute Gasteiger partial charge is 0.328 e. The molecular weight excluding hydrogens is 420 g/mol. The topological polar surface area (TPSA) is 104 Å². The van der Waals surface area contributed by atoms with Crippen LogP contribution in [0.3, 0.4) is 0 Å². The van der Waals surface area contributed by atoms with Crippen molar-refractivity contribution in [2.45, 2.75) is 32.2 Å². The largest absolute Gasteiger partial charge is 0.339 e. The predicted octanol–water partition coefficient (Wildman–Crippen LogP) is 1.63. The van der Waals surface area contributed by atoms with E-state index in [-0.39, 0.29) is 29.0 Å². The van der Waals surface area contributed by atoms with Gasteiger partial charge in [-0.25, -0.2) is 14.8 Å². The molecule has 1 saturated carbocycles. The molecule has 1 amide bonds. The molecule has 2 aromatic heterocycles. The lowest BCUT2D eigenvalue weighted by Crippen LogP contribution is -2.51. The zero-order chi connectivity index (χ0) is 22.8. The second-order valence-electron chi connectivity index (χ2n) is 8.97. The molecule has 5 rings (SSSR count). The Morgan fingerprint density at radius 3 is 2.36 bits per heavy atom. The van der Waals surface area contributed by atoms with E-state index in [1.807, 2.05) is 4.90 Å². The first-order valence-electron chi connectivity index (χ1n) is 11.6. The zero-order valence-corrected chi connectivity index (χ0v) is 18.5. The molecule has 2 aliphatic rings. The second kappa shape index (κ2) is 9.17. The number of hydrogen-bond donors (Lipinski definition) is 1. The van der Waals surface area contributed by atoms with Crippen LogP contribution in [0.2, 0.25) is 0 Å². The Kier molecular flexibility index (Phi) is 5.93. The van der Waals surface area contributed by atoms with Crippen molar-refractivity contribution in [1.82, 2.24) is 24.4 Å². The first-order chi connectivity index (χ1) is 16.1. The second-order valence-corrected chi connectivity index (χ2v) is 8.97. The number of nitrogens with one attached hydrogen (secondary N) is 1. The summed E-state index contributed by atoms with van der Waals surface area (Å²) in [7, 11) is 0. The lowest BCUT2D eigenvalue weighted by molar-refractivity contribution is -0.137. The van der Waals surface area contributed by atoms with E-state index in [4.69, 9.17) is 0 Å². The van der Waals surface area contributed by atoms with Crippen LogP contribution in [-0.2, 0) is 11.3 Å². The number of H-pyrrole nitrogens is 1. The Bertz CT molecular complexity index is 1240. The van der Waals surface area contributed by atoms with Crippen LogP contribution < -0.4 is 16.1 Å². The van der Waals surface area contributed by atoms with E-state index in [2.05, 4.69) is 19.9 Å². The summed E-state index contributed by atoms with van der Waals surface area (Å²) in [5.41, 5.74) is -0.0399. The SMILES string of the molecule is O=C(C1CCC(Cn2c(=O)[nH]c3ccccc3c2=O)CC1)N1CCN(c2ncccn2)CC1. The first-order valence-corrected chi connectivity index (χ1v) is 11.6. The fourth-order valence-corrected chi connectivity index (χ4v) is 5.05. The van der Waals surface area contributed by atoms with Gasteiger partial charge in [-0.05, 0) is 49.8 Å². The van der Waals surface area contributed by atoms with E-state index < -0.39 is 0 Å². The number of benzene rings is 1. The average Bonchev–Trinajstić information content (AvgIpc) is 2.87. The molecule has 0 unspecified atom stereocenters. The van der Waals surface area contributed by atoms with Crippen molar-refractivity contribution in [1.29, 1.82) is 0 Å². The van der Waals surface area contributed by atoms with Gasteiger partial charge in [0.1, 0.15) is 0 Å². The van der Waals surface area contributed by atoms with Gasteiger partial charge < -0.3 is 14.8 Å². The minimum absolute atomic E-state index is 0.0207. The van der Waals surface area contributed by atoms with Crippen molar-refractivity contribution >= 4 is 22.8 Å². The molecule has 0 bridgehead atoms. The summed E-state index contributed by atoms with van der Waals surface area (Å²) >= 11 is 0. The molecule has 3 aromatic rings. The summed E-state index contributed by atoms with van der Waals surface area (Å²) < 4.78 is 1.32. The van der Waals surface area contributed by atoms with Crippen LogP contribution in [0, 0.1) is 11.8 Å². The van der Waals surface area contributed by atoms with E-state index in [1.54, 1.807) is 42.7 Å². The first kappa shape index (κ1) is 21.4. The standard InChI is InChI=1S/C24H28N6O3/c31-21(28-12-14-29(15-13-28)23-25-10-3-11-26-23)18-8-6-17(7-9-18)16-30-22(32)19-4-1-2-5-20(19)27-24(30)33/h1-5,10-11,17-18H,6-9,12-16H2,(H,27,33). The van der Waals surface area contributed by atoms with Crippen molar-refractivity contribution in [3.05, 3.63) is 63.6 Å². The van der Waals surface area contributed by atoms with E-state index in [0.29, 0.717) is 36.5 Å². The Morgan fingerprint density at radius 2 is 1.64 bits per heavy atom. The van der Waals surface area contributed by atoms with Gasteiger partial charge in [0.25, 0.3) is 5.56 Å². The minimum Gasteiger partial charge on any atom is -0.339 e. The summed E-state index contributed by atoms with van der Waals surface area (Å²) in [5.74, 6) is 1.18. The van der Waals surface area contributed by atoms with Gasteiger partial charge in [-0.2, -0.15) is 0 Å². The zero-order valence-electron chi connectivity index (χ0n) is 18.5. The Hall–Kier alpha value is -3.49. The monoisotopic (exact) mass is 448 g/mol. The van der Waals surface area contributed by atoms with Crippen LogP contribution in [0.5, 0.6) is 0 Å². The summed E-state index contributed by atoms with van der Waals surface area (Å²) in [6.07, 6.45) is 6.74. The Balaban J connectivity index is 1.16. The fraction of sp³-hybridized carbons (Fsp3) is 0.458. The average molecular weight is 449 g/mol. The highest BCUT2D eigenvalue weighted by Gasteiger charge is 2.32. The Morgan fingerprint density at radius 1 is 0.939 bits per heavy atom. The molecule has 1 N–H and O–H groups in total. The van der Waals surface area contributed by atoms with Crippen molar-refractivity contribution < 1.29 is 4.79 Å². The highest BCUT2D eigenvalue weighted by molar-refractivity contribution is 5.79. The van der Waals surface area contributed by atoms with Gasteiger partial charge in [-0.15, -0.1) is 0 Å². The Labute approximate surface area is 191 Å². The molecule has 1 aromatic carbocycles. The molecule has 9 heteroatoms. The third-order valence-electron chi connectivity index (χ3n) is 6.95. The summed E-state index contributed by atoms with van der Waals surface area (Å²) in [6, 6.07) is 8.88. The van der Waals surface area contributed by atoms with Gasteiger partial charge in [0, 0.05) is 51.0 Å². The van der Waals surface area contributed by atoms with Crippen LogP contribution in [0.15, 0.2) is 52.3 Å². The molecule has 2 fully saturated rings. The maximum atomic E-state index is 13.1. The number of carbonyl (C=O) groups is 1. The highest BCUT2D eigenvalue weighted by atomic mass is 16.2. The number of aromatic amines is 1. The maximum absolute atomic E-state index is 13.1. The van der Waals surface area contributed by atoms with Crippen molar-refractivity contribution in [3.8, 4) is 0 Å². The molecule has 33 heavy (non-hydrogen) atoms. The van der Waals surface area contributed by atoms with E-state index >= 15 is 0 Å². The van der Waals surface area contributed by atoms with Gasteiger partial charge in [-0.1, -0.05) is 12.1 Å². The molecule has 9 nitrogen and oxygen atoms in total. The van der Waals surface area contributed by atoms with Crippen LogP contribution in [0.4, 0.5) is 5.95 Å². The molecule has 0 atom stereocenters. The van der Waals surface area contributed by atoms with Gasteiger partial charge in [0.15, 0.2) is 0 Å². The van der Waals surface area contributed by atoms with Gasteiger partial charge in [-0.3, -0.25) is 14.2 Å². The summed E-state index contributed by atoms with van der Waals surface area (Å²) in [5, 5.41) is 0.529. The highest BCUT2D eigenvalue weighted by Crippen LogP contribution is 2.31. The number of fused-ring (bicyclic) bond motifs is 1. The van der Waals surface area contributed by atoms with Gasteiger partial charge >= 0.3 is 5.69 Å². The molecule has 0 radical (unpaired) electrons. The molecule has 3 heterocycles. The fourth-order valence-electron chi connectivity index (χ4n) is 5.05. The molecular formula is C24H28N6O3. The third-order valence-corrected chi connectivity index (χ3v) is 6.95. The number of anilines is 1. The number of para-hydroxylation sites is 1. The van der Waals surface area contributed by atoms with E-state index in [1.165, 1.54) is 4.57 Å². The van der Waals surface area contributed by atoms with E-state index in [0.717, 1.165) is 38.8 Å². The third kappa shape index (κ3) is 4.40. The van der Waals surface area contributed by atoms with Crippen LogP contribution in [-0.4, -0.2) is 56.5 Å². The molecule has 1 aliphatic heterocycles. The van der Waals surface area contributed by atoms with Crippen molar-refractivity contribution in [2.75, 3.05) is 31.1 Å². The lowest BCUT2D eigenvalue weighted by Gasteiger charge is -2.37. The number of hydrogen-bond acceptors (Lipinski definition) is 6. The number of piperazine rings is 1. The molecule has 1 aliphatic carbocycles. The number of carbonyl (C=O) groups excluding carboxylic acids is 1. The summed E-state index contributed by atoms with van der Waals surface area (Å²) in [6.45, 7) is 3.23. The number of aromatic nitrogens is 4. The van der Waals surface area contributed by atoms with E-state index in [9.17, 15) is 14.4 Å². The lowest BCUT2D eigenvalue weighted by atomic mass is 9.81. The van der Waals surface area contributed by atoms with Crippen molar-refractivity contribution in [3.63, 3.8) is 0 Å². The minimum atomic E-state index is -0.364. The maximum Gasteiger partial charge on any atom is 0.328 e. The normalized spacial score (nSPS) is 21.3. The predicted molar refractivity (Wildman–Crippen MR) is 125 cm³/mol. The number of amides is 1. The van der Waals surface area contributed by atoms with Gasteiger partial charge in [0.05, 0.1) is 10.9 Å². The summed E-state index contributed by atoms with van der Waals surface area (Å²) in [4.78, 5) is 53.8. The number of rotatable bonds is 4. The molecule has 1 saturated heterocycles. The molecule has 172 valence electrons. The van der Waals surface area contributed by atoms with Crippen LogP contribution >= 0.6 is 0 Å². The van der Waals surface area contributed by atoms with Gasteiger partial charge in [0.2, 0.25) is 11.9 Å². The van der Waals surface area contributed by atoms with Crippen molar-refractivity contribution in [2.24, 2.45) is 11.8 Å². The molecule has 0 spiro atoms. The van der Waals surface area contributed by atoms with Crippen LogP contribution in [0.1, 0.15) is 25.7 Å². The quantitative estimate of drug-likeness (QED) is 0.651.